The monoisotopic (exact) mass is 418 g/mol. The van der Waals surface area contributed by atoms with Gasteiger partial charge in [-0.25, -0.2) is 14.8 Å². The standard InChI is InChI=1S/C23H18N2O6/c1-29-23(28)14-9-11-15(12-10-14)24-21(26)18-19(17-8-5-13-30-17)25(31-20(18)22(24)27)16-6-3-2-4-7-16/h2-13,18-20H,1H3/t18-,19-,20-/m0/s1. The van der Waals surface area contributed by atoms with Gasteiger partial charge in [0, 0.05) is 0 Å². The third kappa shape index (κ3) is 3.00. The summed E-state index contributed by atoms with van der Waals surface area (Å²) in [5.74, 6) is -1.60. The van der Waals surface area contributed by atoms with E-state index in [-0.39, 0.29) is 5.91 Å². The Morgan fingerprint density at radius 3 is 2.29 bits per heavy atom. The molecule has 5 rings (SSSR count). The summed E-state index contributed by atoms with van der Waals surface area (Å²) in [6.07, 6.45) is 0.541. The SMILES string of the molecule is COC(=O)c1ccc(N2C(=O)[C@@H]3[C@H](ON(c4ccccc4)[C@H]3c3ccco3)C2=O)cc1. The highest BCUT2D eigenvalue weighted by atomic mass is 16.7. The molecular formula is C23H18N2O6. The lowest BCUT2D eigenvalue weighted by molar-refractivity contribution is -0.126. The molecule has 3 aromatic rings. The minimum atomic E-state index is -0.983. The normalized spacial score (nSPS) is 22.7. The van der Waals surface area contributed by atoms with Crippen molar-refractivity contribution in [3.05, 3.63) is 84.3 Å². The average molecular weight is 418 g/mol. The van der Waals surface area contributed by atoms with Crippen molar-refractivity contribution in [2.75, 3.05) is 17.1 Å². The molecular weight excluding hydrogens is 400 g/mol. The van der Waals surface area contributed by atoms with Crippen molar-refractivity contribution in [2.24, 2.45) is 5.92 Å². The zero-order valence-electron chi connectivity index (χ0n) is 16.5. The number of amides is 2. The van der Waals surface area contributed by atoms with Gasteiger partial charge in [0.25, 0.3) is 5.91 Å². The number of esters is 1. The molecule has 8 nitrogen and oxygen atoms in total. The number of ether oxygens (including phenoxy) is 1. The molecule has 2 aromatic carbocycles. The van der Waals surface area contributed by atoms with Crippen molar-refractivity contribution >= 4 is 29.2 Å². The van der Waals surface area contributed by atoms with Gasteiger partial charge in [-0.2, -0.15) is 0 Å². The number of hydrogen-bond acceptors (Lipinski definition) is 7. The Balaban J connectivity index is 1.51. The van der Waals surface area contributed by atoms with E-state index in [0.717, 1.165) is 4.90 Å². The molecule has 31 heavy (non-hydrogen) atoms. The van der Waals surface area contributed by atoms with Crippen molar-refractivity contribution in [1.82, 2.24) is 0 Å². The number of fused-ring (bicyclic) bond motifs is 1. The molecule has 0 bridgehead atoms. The summed E-state index contributed by atoms with van der Waals surface area (Å²) in [6, 6.07) is 18.3. The number of hydroxylamine groups is 1. The van der Waals surface area contributed by atoms with Crippen LogP contribution in [-0.4, -0.2) is 31.0 Å². The van der Waals surface area contributed by atoms with Crippen LogP contribution in [0.3, 0.4) is 0 Å². The van der Waals surface area contributed by atoms with E-state index in [0.29, 0.717) is 22.7 Å². The highest BCUT2D eigenvalue weighted by Crippen LogP contribution is 2.47. The lowest BCUT2D eigenvalue weighted by Crippen LogP contribution is -2.37. The number of hydrogen-bond donors (Lipinski definition) is 0. The number of nitrogens with zero attached hydrogens (tertiary/aromatic N) is 2. The molecule has 2 aliphatic heterocycles. The summed E-state index contributed by atoms with van der Waals surface area (Å²) in [4.78, 5) is 45.4. The average Bonchev–Trinajstić information content (AvgIpc) is 3.51. The summed E-state index contributed by atoms with van der Waals surface area (Å²) in [5.41, 5.74) is 1.41. The fourth-order valence-electron chi connectivity index (χ4n) is 4.08. The van der Waals surface area contributed by atoms with Gasteiger partial charge in [0.2, 0.25) is 5.91 Å². The number of furan rings is 1. The van der Waals surface area contributed by atoms with Crippen LogP contribution < -0.4 is 9.96 Å². The molecule has 0 saturated carbocycles. The van der Waals surface area contributed by atoms with Crippen LogP contribution in [-0.2, 0) is 19.2 Å². The molecule has 1 aromatic heterocycles. The second-order valence-corrected chi connectivity index (χ2v) is 7.22. The fraction of sp³-hybridized carbons (Fsp3) is 0.174. The first-order chi connectivity index (χ1) is 15.1. The van der Waals surface area contributed by atoms with E-state index < -0.39 is 29.9 Å². The zero-order chi connectivity index (χ0) is 21.5. The van der Waals surface area contributed by atoms with E-state index in [4.69, 9.17) is 14.0 Å². The first-order valence-electron chi connectivity index (χ1n) is 9.71. The third-order valence-electron chi connectivity index (χ3n) is 5.51. The highest BCUT2D eigenvalue weighted by molar-refractivity contribution is 6.24. The maximum Gasteiger partial charge on any atom is 0.337 e. The molecule has 0 aliphatic carbocycles. The molecule has 0 radical (unpaired) electrons. The number of para-hydroxylation sites is 1. The van der Waals surface area contributed by atoms with Crippen molar-refractivity contribution in [1.29, 1.82) is 0 Å². The van der Waals surface area contributed by atoms with Gasteiger partial charge in [-0.15, -0.1) is 0 Å². The maximum absolute atomic E-state index is 13.4. The van der Waals surface area contributed by atoms with Crippen LogP contribution in [0.25, 0.3) is 0 Å². The zero-order valence-corrected chi connectivity index (χ0v) is 16.5. The quantitative estimate of drug-likeness (QED) is 0.475. The largest absolute Gasteiger partial charge is 0.467 e. The summed E-state index contributed by atoms with van der Waals surface area (Å²) < 4.78 is 10.3. The molecule has 0 unspecified atom stereocenters. The Kier molecular flexibility index (Phi) is 4.56. The molecule has 2 aliphatic rings. The molecule has 2 amide bonds. The lowest BCUT2D eigenvalue weighted by Gasteiger charge is -2.27. The Labute approximate surface area is 177 Å². The second kappa shape index (κ2) is 7.41. The molecule has 2 fully saturated rings. The lowest BCUT2D eigenvalue weighted by atomic mass is 9.94. The van der Waals surface area contributed by atoms with Crippen molar-refractivity contribution in [3.8, 4) is 0 Å². The predicted octanol–water partition coefficient (Wildman–Crippen LogP) is 3.12. The van der Waals surface area contributed by atoms with Crippen LogP contribution in [0.2, 0.25) is 0 Å². The number of anilines is 2. The Morgan fingerprint density at radius 2 is 1.65 bits per heavy atom. The number of carbonyl (C=O) groups is 3. The molecule has 2 saturated heterocycles. The number of methoxy groups -OCH3 is 1. The van der Waals surface area contributed by atoms with Crippen LogP contribution in [0.4, 0.5) is 11.4 Å². The van der Waals surface area contributed by atoms with E-state index >= 15 is 0 Å². The highest BCUT2D eigenvalue weighted by Gasteiger charge is 2.61. The smallest absolute Gasteiger partial charge is 0.337 e. The van der Waals surface area contributed by atoms with Gasteiger partial charge in [-0.05, 0) is 48.5 Å². The molecule has 3 atom stereocenters. The topological polar surface area (TPSA) is 89.3 Å². The van der Waals surface area contributed by atoms with Gasteiger partial charge in [-0.1, -0.05) is 18.2 Å². The van der Waals surface area contributed by atoms with Gasteiger partial charge in [0.1, 0.15) is 17.7 Å². The van der Waals surface area contributed by atoms with Crippen molar-refractivity contribution in [2.45, 2.75) is 12.1 Å². The van der Waals surface area contributed by atoms with Crippen LogP contribution in [0.15, 0.2) is 77.4 Å². The first kappa shape index (κ1) is 19.1. The van der Waals surface area contributed by atoms with Crippen molar-refractivity contribution < 1.29 is 28.4 Å². The van der Waals surface area contributed by atoms with E-state index in [2.05, 4.69) is 0 Å². The number of benzene rings is 2. The van der Waals surface area contributed by atoms with Crippen LogP contribution in [0.5, 0.6) is 0 Å². The van der Waals surface area contributed by atoms with E-state index in [9.17, 15) is 14.4 Å². The summed E-state index contributed by atoms with van der Waals surface area (Å²) >= 11 is 0. The third-order valence-corrected chi connectivity index (χ3v) is 5.51. The molecule has 8 heteroatoms. The number of rotatable bonds is 4. The first-order valence-corrected chi connectivity index (χ1v) is 9.71. The van der Waals surface area contributed by atoms with Gasteiger partial charge in [0.05, 0.1) is 30.3 Å². The minimum absolute atomic E-state index is 0.325. The Hall–Kier alpha value is -3.91. The predicted molar refractivity (Wildman–Crippen MR) is 109 cm³/mol. The fourth-order valence-corrected chi connectivity index (χ4v) is 4.08. The second-order valence-electron chi connectivity index (χ2n) is 7.22. The van der Waals surface area contributed by atoms with Crippen LogP contribution in [0.1, 0.15) is 22.2 Å². The summed E-state index contributed by atoms with van der Waals surface area (Å²) in [5, 5.41) is 1.57. The van der Waals surface area contributed by atoms with Crippen LogP contribution >= 0.6 is 0 Å². The molecule has 0 spiro atoms. The minimum Gasteiger partial charge on any atom is -0.467 e. The van der Waals surface area contributed by atoms with Gasteiger partial charge >= 0.3 is 5.97 Å². The van der Waals surface area contributed by atoms with Gasteiger partial charge < -0.3 is 9.15 Å². The van der Waals surface area contributed by atoms with E-state index in [1.54, 1.807) is 29.3 Å². The van der Waals surface area contributed by atoms with Gasteiger partial charge in [-0.3, -0.25) is 14.4 Å². The van der Waals surface area contributed by atoms with Gasteiger partial charge in [0.15, 0.2) is 6.10 Å². The van der Waals surface area contributed by atoms with Crippen LogP contribution in [0, 0.1) is 5.92 Å². The Morgan fingerprint density at radius 1 is 0.903 bits per heavy atom. The molecule has 156 valence electrons. The number of imide groups is 1. The molecule has 3 heterocycles. The summed E-state index contributed by atoms with van der Waals surface area (Å²) in [6.45, 7) is 0. The van der Waals surface area contributed by atoms with E-state index in [1.165, 1.54) is 25.5 Å². The van der Waals surface area contributed by atoms with Crippen molar-refractivity contribution in [3.63, 3.8) is 0 Å². The van der Waals surface area contributed by atoms with E-state index in [1.807, 2.05) is 30.3 Å². The number of carbonyl (C=O) groups excluding carboxylic acids is 3. The summed E-state index contributed by atoms with van der Waals surface area (Å²) in [7, 11) is 1.29. The Bertz CT molecular complexity index is 1130. The maximum atomic E-state index is 13.4. The molecule has 0 N–H and O–H groups in total.